The minimum atomic E-state index is 0. The van der Waals surface area contributed by atoms with Gasteiger partial charge in [-0.1, -0.05) is 69.2 Å². The number of hydrogen-bond donors (Lipinski definition) is 0. The van der Waals surface area contributed by atoms with Crippen LogP contribution in [0.5, 0.6) is 0 Å². The molecule has 0 amide bonds. The Kier molecular flexibility index (Phi) is 29.6. The first-order chi connectivity index (χ1) is 7.86. The Morgan fingerprint density at radius 2 is 0.950 bits per heavy atom. The summed E-state index contributed by atoms with van der Waals surface area (Å²) in [5.74, 6) is 0. The zero-order valence-corrected chi connectivity index (χ0v) is 17.0. The monoisotopic (exact) mass is 504 g/mol. The molecule has 7 heteroatoms. The van der Waals surface area contributed by atoms with Crippen molar-refractivity contribution in [3.8, 4) is 0 Å². The van der Waals surface area contributed by atoms with Crippen LogP contribution >= 0.6 is 56.6 Å². The summed E-state index contributed by atoms with van der Waals surface area (Å²) in [5, 5.41) is 2.99. The van der Waals surface area contributed by atoms with E-state index in [1.54, 1.807) is 0 Å². The smallest absolute Gasteiger partial charge is 0.0967 e. The average Bonchev–Trinajstić information content (AvgIpc) is 2.33. The standard InChI is InChI=1S/C12H11P.CH2Cl2.2ClH.Fe.Pd/c1-3-7-11(8-4-1)13-12-9-5-2-6-10-12;2-1-3;;;;/h1-10,13H;1H2;2*1H;;. The van der Waals surface area contributed by atoms with Gasteiger partial charge < -0.3 is 0 Å². The van der Waals surface area contributed by atoms with Gasteiger partial charge in [0.05, 0.1) is 5.34 Å². The Balaban J connectivity index is -0.000000169. The van der Waals surface area contributed by atoms with Crippen LogP contribution in [0, 0.1) is 0 Å². The molecule has 118 valence electrons. The molecule has 20 heavy (non-hydrogen) atoms. The fraction of sp³-hybridized carbons (Fsp3) is 0.0769. The van der Waals surface area contributed by atoms with Crippen molar-refractivity contribution in [3.05, 3.63) is 60.7 Å². The maximum absolute atomic E-state index is 4.76. The Labute approximate surface area is 169 Å². The molecule has 0 bridgehead atoms. The van der Waals surface area contributed by atoms with Crippen LogP contribution in [0.1, 0.15) is 0 Å². The Morgan fingerprint density at radius 1 is 0.700 bits per heavy atom. The Hall–Kier alpha value is 1.21. The summed E-state index contributed by atoms with van der Waals surface area (Å²) in [7, 11) is 0.777. The molecule has 0 aromatic heterocycles. The third-order valence-corrected chi connectivity index (χ3v) is 3.08. The van der Waals surface area contributed by atoms with Gasteiger partial charge in [-0.05, 0) is 10.6 Å². The van der Waals surface area contributed by atoms with Gasteiger partial charge in [-0.3, -0.25) is 0 Å². The Bertz CT molecular complexity index is 355. The molecular weight excluding hydrogens is 491 g/mol. The van der Waals surface area contributed by atoms with Crippen LogP contribution in [0.3, 0.4) is 0 Å². The van der Waals surface area contributed by atoms with E-state index in [1.165, 1.54) is 10.6 Å². The topological polar surface area (TPSA) is 0 Å². The molecule has 0 heterocycles. The maximum Gasteiger partial charge on any atom is 0.0967 e. The van der Waals surface area contributed by atoms with Crippen molar-refractivity contribution in [3.63, 3.8) is 0 Å². The van der Waals surface area contributed by atoms with Crippen LogP contribution in [-0.2, 0) is 37.5 Å². The molecule has 0 unspecified atom stereocenters. The van der Waals surface area contributed by atoms with E-state index in [0.29, 0.717) is 0 Å². The van der Waals surface area contributed by atoms with E-state index in [-0.39, 0.29) is 67.6 Å². The van der Waals surface area contributed by atoms with Crippen molar-refractivity contribution in [2.24, 2.45) is 0 Å². The van der Waals surface area contributed by atoms with Gasteiger partial charge in [0.2, 0.25) is 0 Å². The third kappa shape index (κ3) is 14.2. The molecule has 0 N–H and O–H groups in total. The van der Waals surface area contributed by atoms with Crippen molar-refractivity contribution in [1.82, 2.24) is 0 Å². The van der Waals surface area contributed by atoms with Crippen LogP contribution in [0.25, 0.3) is 0 Å². The molecule has 2 aromatic rings. The van der Waals surface area contributed by atoms with Gasteiger partial charge >= 0.3 is 0 Å². The molecular formula is C13H15Cl4FePPd. The molecule has 0 spiro atoms. The molecule has 0 aliphatic heterocycles. The summed E-state index contributed by atoms with van der Waals surface area (Å²) in [6, 6.07) is 21.2. The van der Waals surface area contributed by atoms with Crippen LogP contribution in [0.15, 0.2) is 60.7 Å². The minimum absolute atomic E-state index is 0. The fourth-order valence-electron chi connectivity index (χ4n) is 1.21. The minimum Gasteiger partial charge on any atom is -0.147 e. The zero-order chi connectivity index (χ0) is 11.6. The summed E-state index contributed by atoms with van der Waals surface area (Å²) >= 11 is 9.53. The molecule has 0 fully saturated rings. The van der Waals surface area contributed by atoms with E-state index in [1.807, 2.05) is 0 Å². The summed E-state index contributed by atoms with van der Waals surface area (Å²) < 4.78 is 0. The first kappa shape index (κ1) is 29.3. The Morgan fingerprint density at radius 3 is 1.20 bits per heavy atom. The second kappa shape index (κ2) is 20.2. The van der Waals surface area contributed by atoms with Gasteiger partial charge in [0.25, 0.3) is 0 Å². The second-order valence-electron chi connectivity index (χ2n) is 2.96. The molecule has 0 radical (unpaired) electrons. The van der Waals surface area contributed by atoms with Crippen molar-refractivity contribution < 1.29 is 37.5 Å². The fourth-order valence-corrected chi connectivity index (χ4v) is 2.26. The molecule has 0 aliphatic carbocycles. The van der Waals surface area contributed by atoms with E-state index in [9.17, 15) is 0 Å². The van der Waals surface area contributed by atoms with E-state index >= 15 is 0 Å². The molecule has 0 saturated heterocycles. The van der Waals surface area contributed by atoms with E-state index < -0.39 is 0 Å². The van der Waals surface area contributed by atoms with Gasteiger partial charge in [0, 0.05) is 37.5 Å². The SMILES string of the molecule is Cl.Cl.ClCCl.[Fe].[Pd].c1ccc(Pc2ccccc2)cc1. The van der Waals surface area contributed by atoms with E-state index in [2.05, 4.69) is 60.7 Å². The number of alkyl halides is 2. The van der Waals surface area contributed by atoms with Gasteiger partial charge in [-0.15, -0.1) is 48.0 Å². The zero-order valence-electron chi connectivity index (χ0n) is 10.2. The largest absolute Gasteiger partial charge is 0.147 e. The van der Waals surface area contributed by atoms with Gasteiger partial charge in [-0.25, -0.2) is 0 Å². The van der Waals surface area contributed by atoms with Crippen LogP contribution in [0.2, 0.25) is 0 Å². The summed E-state index contributed by atoms with van der Waals surface area (Å²) in [6.07, 6.45) is 0. The summed E-state index contributed by atoms with van der Waals surface area (Å²) in [6.45, 7) is 0. The van der Waals surface area contributed by atoms with E-state index in [0.717, 1.165) is 8.58 Å². The predicted octanol–water partition coefficient (Wildman–Crippen LogP) is 4.58. The van der Waals surface area contributed by atoms with Crippen molar-refractivity contribution in [2.75, 3.05) is 5.34 Å². The quantitative estimate of drug-likeness (QED) is 0.318. The van der Waals surface area contributed by atoms with Crippen LogP contribution in [-0.4, -0.2) is 5.34 Å². The van der Waals surface area contributed by atoms with Gasteiger partial charge in [0.15, 0.2) is 0 Å². The molecule has 0 saturated carbocycles. The maximum atomic E-state index is 4.76. The number of halogens is 4. The van der Waals surface area contributed by atoms with Crippen molar-refractivity contribution in [2.45, 2.75) is 0 Å². The predicted molar refractivity (Wildman–Crippen MR) is 91.5 cm³/mol. The number of rotatable bonds is 2. The molecule has 0 aliphatic rings. The van der Waals surface area contributed by atoms with Crippen molar-refractivity contribution >= 4 is 67.2 Å². The second-order valence-corrected chi connectivity index (χ2v) is 5.17. The van der Waals surface area contributed by atoms with Gasteiger partial charge in [-0.2, -0.15) is 0 Å². The van der Waals surface area contributed by atoms with E-state index in [4.69, 9.17) is 23.2 Å². The van der Waals surface area contributed by atoms with Gasteiger partial charge in [0.1, 0.15) is 0 Å². The average molecular weight is 506 g/mol. The normalized spacial score (nSPS) is 7.30. The molecule has 0 atom stereocenters. The molecule has 0 nitrogen and oxygen atoms in total. The number of benzene rings is 2. The molecule has 2 aromatic carbocycles. The van der Waals surface area contributed by atoms with Crippen LogP contribution < -0.4 is 10.6 Å². The summed E-state index contributed by atoms with van der Waals surface area (Å²) in [4.78, 5) is 0. The molecule has 2 rings (SSSR count). The summed E-state index contributed by atoms with van der Waals surface area (Å²) in [5.41, 5.74) is 0. The third-order valence-electron chi connectivity index (χ3n) is 1.84. The first-order valence-corrected chi connectivity index (χ1v) is 6.92. The van der Waals surface area contributed by atoms with Crippen LogP contribution in [0.4, 0.5) is 0 Å². The number of hydrogen-bond acceptors (Lipinski definition) is 0. The van der Waals surface area contributed by atoms with Crippen molar-refractivity contribution in [1.29, 1.82) is 0 Å². The first-order valence-electron chi connectivity index (χ1n) is 4.86.